The molecular weight excluding hydrogens is 449 g/mol. The van der Waals surface area contributed by atoms with Crippen LogP contribution in [0.1, 0.15) is 54.6 Å². The van der Waals surface area contributed by atoms with E-state index < -0.39 is 11.7 Å². The Labute approximate surface area is 195 Å². The number of rotatable bonds is 5. The first-order chi connectivity index (χ1) is 16.2. The fraction of sp³-hybridized carbons (Fsp3) is 0.522. The third-order valence-electron chi connectivity index (χ3n) is 6.32. The number of piperidine rings is 2. The highest BCUT2D eigenvalue weighted by Gasteiger charge is 2.32. The van der Waals surface area contributed by atoms with Crippen LogP contribution in [0.25, 0.3) is 6.08 Å². The second-order valence-corrected chi connectivity index (χ2v) is 8.71. The summed E-state index contributed by atoms with van der Waals surface area (Å²) in [4.78, 5) is 29.8. The molecule has 0 spiro atoms. The number of aryl methyl sites for hydroxylation is 1. The Morgan fingerprint density at radius 3 is 2.59 bits per heavy atom. The first kappa shape index (κ1) is 23.9. The van der Waals surface area contributed by atoms with E-state index in [0.717, 1.165) is 44.4 Å². The average molecular weight is 477 g/mol. The van der Waals surface area contributed by atoms with Gasteiger partial charge in [0.05, 0.1) is 12.1 Å². The lowest BCUT2D eigenvalue weighted by Crippen LogP contribution is -2.49. The van der Waals surface area contributed by atoms with E-state index in [4.69, 9.17) is 0 Å². The van der Waals surface area contributed by atoms with Gasteiger partial charge in [-0.3, -0.25) is 9.59 Å². The number of likely N-dealkylation sites (tertiary alicyclic amines) is 2. The Kier molecular flexibility index (Phi) is 6.99. The highest BCUT2D eigenvalue weighted by atomic mass is 19.4. The van der Waals surface area contributed by atoms with Gasteiger partial charge in [0, 0.05) is 38.2 Å². The maximum Gasteiger partial charge on any atom is 0.416 e. The number of carbonyl (C=O) groups excluding carboxylic acids is 2. The van der Waals surface area contributed by atoms with Crippen molar-refractivity contribution in [3.63, 3.8) is 0 Å². The monoisotopic (exact) mass is 476 g/mol. The molecule has 2 aromatic rings. The Hall–Kier alpha value is -3.24. The molecule has 1 aromatic carbocycles. The summed E-state index contributed by atoms with van der Waals surface area (Å²) in [5.41, 5.74) is 0.0286. The van der Waals surface area contributed by atoms with Crippen LogP contribution in [-0.4, -0.2) is 67.5 Å². The maximum atomic E-state index is 13.2. The van der Waals surface area contributed by atoms with E-state index in [-0.39, 0.29) is 24.4 Å². The average Bonchev–Trinajstić information content (AvgIpc) is 3.22. The lowest BCUT2D eigenvalue weighted by Gasteiger charge is -2.40. The van der Waals surface area contributed by atoms with Gasteiger partial charge >= 0.3 is 6.18 Å². The first-order valence-electron chi connectivity index (χ1n) is 11.4. The number of hydrogen-bond donors (Lipinski definition) is 0. The smallest absolute Gasteiger partial charge is 0.340 e. The number of benzene rings is 1. The molecule has 2 amide bonds. The van der Waals surface area contributed by atoms with Gasteiger partial charge in [0.1, 0.15) is 0 Å². The highest BCUT2D eigenvalue weighted by Crippen LogP contribution is 2.31. The van der Waals surface area contributed by atoms with Crippen molar-refractivity contribution in [2.75, 3.05) is 19.6 Å². The standard InChI is InChI=1S/C23H27F3N6O2/c1-16-27-29-32(28-16)15-18-14-19(23(24,25)26)7-5-17(18)6-8-21(33)30-12-9-20(10-13-30)31-11-3-2-4-22(31)34/h5-8,14,20H,2-4,9-13,15H2,1H3/b8-6+. The minimum atomic E-state index is -4.49. The second kappa shape index (κ2) is 9.94. The van der Waals surface area contributed by atoms with Gasteiger partial charge in [0.15, 0.2) is 5.82 Å². The molecule has 11 heteroatoms. The van der Waals surface area contributed by atoms with Crippen molar-refractivity contribution in [2.24, 2.45) is 0 Å². The third-order valence-corrected chi connectivity index (χ3v) is 6.32. The van der Waals surface area contributed by atoms with Gasteiger partial charge in [-0.25, -0.2) is 0 Å². The molecule has 182 valence electrons. The molecule has 34 heavy (non-hydrogen) atoms. The first-order valence-corrected chi connectivity index (χ1v) is 11.4. The molecule has 1 aromatic heterocycles. The predicted octanol–water partition coefficient (Wildman–Crippen LogP) is 3.07. The molecule has 2 aliphatic rings. The molecule has 0 aliphatic carbocycles. The third kappa shape index (κ3) is 5.63. The van der Waals surface area contributed by atoms with Gasteiger partial charge in [0.2, 0.25) is 11.8 Å². The van der Waals surface area contributed by atoms with E-state index in [1.54, 1.807) is 11.8 Å². The van der Waals surface area contributed by atoms with Crippen molar-refractivity contribution in [2.45, 2.75) is 57.8 Å². The summed E-state index contributed by atoms with van der Waals surface area (Å²) in [6, 6.07) is 3.56. The van der Waals surface area contributed by atoms with Gasteiger partial charge in [-0.2, -0.15) is 18.0 Å². The summed E-state index contributed by atoms with van der Waals surface area (Å²) in [7, 11) is 0. The fourth-order valence-corrected chi connectivity index (χ4v) is 4.50. The molecule has 2 saturated heterocycles. The summed E-state index contributed by atoms with van der Waals surface area (Å²) in [5, 5.41) is 11.6. The van der Waals surface area contributed by atoms with Crippen molar-refractivity contribution in [3.8, 4) is 0 Å². The number of halogens is 3. The molecule has 0 radical (unpaired) electrons. The topological polar surface area (TPSA) is 84.2 Å². The molecule has 4 rings (SSSR count). The van der Waals surface area contributed by atoms with Gasteiger partial charge < -0.3 is 9.80 Å². The van der Waals surface area contributed by atoms with Crippen molar-refractivity contribution < 1.29 is 22.8 Å². The minimum Gasteiger partial charge on any atom is -0.340 e. The van der Waals surface area contributed by atoms with Crippen molar-refractivity contribution >= 4 is 17.9 Å². The number of alkyl halides is 3. The van der Waals surface area contributed by atoms with Crippen LogP contribution in [0, 0.1) is 6.92 Å². The number of carbonyl (C=O) groups is 2. The van der Waals surface area contributed by atoms with Crippen LogP contribution in [-0.2, 0) is 22.3 Å². The molecule has 2 fully saturated rings. The van der Waals surface area contributed by atoms with Crippen LogP contribution in [0.2, 0.25) is 0 Å². The second-order valence-electron chi connectivity index (χ2n) is 8.71. The molecular formula is C23H27F3N6O2. The van der Waals surface area contributed by atoms with Gasteiger partial charge in [0.25, 0.3) is 0 Å². The zero-order chi connectivity index (χ0) is 24.3. The summed E-state index contributed by atoms with van der Waals surface area (Å²) >= 11 is 0. The van der Waals surface area contributed by atoms with Crippen LogP contribution in [0.5, 0.6) is 0 Å². The number of nitrogens with zero attached hydrogens (tertiary/aromatic N) is 6. The van der Waals surface area contributed by atoms with E-state index in [0.29, 0.717) is 36.5 Å². The van der Waals surface area contributed by atoms with E-state index in [2.05, 4.69) is 15.4 Å². The lowest BCUT2D eigenvalue weighted by molar-refractivity contribution is -0.138. The molecule has 0 saturated carbocycles. The Morgan fingerprint density at radius 1 is 1.18 bits per heavy atom. The molecule has 0 N–H and O–H groups in total. The number of aromatic nitrogens is 4. The summed E-state index contributed by atoms with van der Waals surface area (Å²) in [6.45, 7) is 3.50. The number of tetrazole rings is 1. The highest BCUT2D eigenvalue weighted by molar-refractivity contribution is 5.92. The van der Waals surface area contributed by atoms with Gasteiger partial charge in [-0.1, -0.05) is 6.07 Å². The minimum absolute atomic E-state index is 0.00607. The Balaban J connectivity index is 1.44. The van der Waals surface area contributed by atoms with Crippen LogP contribution in [0.3, 0.4) is 0 Å². The van der Waals surface area contributed by atoms with Crippen LogP contribution < -0.4 is 0 Å². The summed E-state index contributed by atoms with van der Waals surface area (Å²) in [6.07, 6.45) is 2.45. The molecule has 3 heterocycles. The summed E-state index contributed by atoms with van der Waals surface area (Å²) < 4.78 is 39.7. The van der Waals surface area contributed by atoms with E-state index >= 15 is 0 Å². The predicted molar refractivity (Wildman–Crippen MR) is 117 cm³/mol. The van der Waals surface area contributed by atoms with Gasteiger partial charge in [-0.15, -0.1) is 10.2 Å². The number of amides is 2. The molecule has 2 aliphatic heterocycles. The molecule has 0 bridgehead atoms. The zero-order valence-corrected chi connectivity index (χ0v) is 19.0. The quantitative estimate of drug-likeness (QED) is 0.620. The van der Waals surface area contributed by atoms with Crippen molar-refractivity contribution in [1.29, 1.82) is 0 Å². The van der Waals surface area contributed by atoms with E-state index in [1.807, 2.05) is 4.90 Å². The van der Waals surface area contributed by atoms with Crippen LogP contribution in [0.15, 0.2) is 24.3 Å². The lowest BCUT2D eigenvalue weighted by atomic mass is 9.99. The maximum absolute atomic E-state index is 13.2. The van der Waals surface area contributed by atoms with Gasteiger partial charge in [-0.05, 0) is 67.2 Å². The molecule has 0 unspecified atom stereocenters. The SMILES string of the molecule is Cc1nnn(Cc2cc(C(F)(F)F)ccc2/C=C/C(=O)N2CCC(N3CCCCC3=O)CC2)n1. The number of hydrogen-bond acceptors (Lipinski definition) is 5. The molecule has 0 atom stereocenters. The normalized spacial score (nSPS) is 18.2. The zero-order valence-electron chi connectivity index (χ0n) is 19.0. The Morgan fingerprint density at radius 2 is 1.94 bits per heavy atom. The fourth-order valence-electron chi connectivity index (χ4n) is 4.50. The van der Waals surface area contributed by atoms with Crippen LogP contribution in [0.4, 0.5) is 13.2 Å². The van der Waals surface area contributed by atoms with Crippen molar-refractivity contribution in [3.05, 3.63) is 46.8 Å². The summed E-state index contributed by atoms with van der Waals surface area (Å²) in [5.74, 6) is 0.403. The van der Waals surface area contributed by atoms with E-state index in [1.165, 1.54) is 23.0 Å². The molecule has 8 nitrogen and oxygen atoms in total. The van der Waals surface area contributed by atoms with Crippen LogP contribution >= 0.6 is 0 Å². The van der Waals surface area contributed by atoms with Crippen molar-refractivity contribution in [1.82, 2.24) is 30.0 Å². The Bertz CT molecular complexity index is 1070. The largest absolute Gasteiger partial charge is 0.416 e. The van der Waals surface area contributed by atoms with E-state index in [9.17, 15) is 22.8 Å².